The van der Waals surface area contributed by atoms with E-state index in [9.17, 15) is 5.11 Å². The second-order valence-electron chi connectivity index (χ2n) is 8.13. The van der Waals surface area contributed by atoms with Gasteiger partial charge in [-0.05, 0) is 66.5 Å². The molecule has 1 heteroatoms. The summed E-state index contributed by atoms with van der Waals surface area (Å²) in [5, 5.41) is 11.7. The van der Waals surface area contributed by atoms with Crippen LogP contribution in [0.15, 0.2) is 18.2 Å². The van der Waals surface area contributed by atoms with Crippen LogP contribution in [0.5, 0.6) is 0 Å². The number of fused-ring (bicyclic) bond motifs is 2. The Morgan fingerprint density at radius 1 is 1.15 bits per heavy atom. The Morgan fingerprint density at radius 3 is 2.25 bits per heavy atom. The molecule has 1 nitrogen and oxygen atoms in total. The molecule has 3 unspecified atom stereocenters. The Balaban J connectivity index is 2.05. The minimum Gasteiger partial charge on any atom is -0.388 e. The highest BCUT2D eigenvalue weighted by Gasteiger charge is 2.68. The predicted molar refractivity (Wildman–Crippen MR) is 83.8 cm³/mol. The van der Waals surface area contributed by atoms with Crippen LogP contribution in [0.25, 0.3) is 0 Å². The molecule has 0 amide bonds. The second-order valence-corrected chi connectivity index (χ2v) is 8.13. The Bertz CT molecular complexity index is 518. The van der Waals surface area contributed by atoms with Crippen LogP contribution in [0.3, 0.4) is 0 Å². The van der Waals surface area contributed by atoms with Crippen LogP contribution < -0.4 is 0 Å². The summed E-state index contributed by atoms with van der Waals surface area (Å²) < 4.78 is 0. The van der Waals surface area contributed by atoms with E-state index in [1.165, 1.54) is 36.0 Å². The maximum atomic E-state index is 11.7. The van der Waals surface area contributed by atoms with Gasteiger partial charge in [0.1, 0.15) is 0 Å². The van der Waals surface area contributed by atoms with Gasteiger partial charge in [0, 0.05) is 6.42 Å². The molecule has 0 saturated heterocycles. The van der Waals surface area contributed by atoms with E-state index in [2.05, 4.69) is 52.8 Å². The molecule has 2 aliphatic carbocycles. The van der Waals surface area contributed by atoms with Gasteiger partial charge in [-0.2, -0.15) is 0 Å². The van der Waals surface area contributed by atoms with Crippen molar-refractivity contribution < 1.29 is 5.11 Å². The average Bonchev–Trinajstić information content (AvgIpc) is 2.82. The largest absolute Gasteiger partial charge is 0.388 e. The van der Waals surface area contributed by atoms with Crippen LogP contribution in [0.4, 0.5) is 0 Å². The number of hydrogen-bond donors (Lipinski definition) is 1. The van der Waals surface area contributed by atoms with Crippen LogP contribution >= 0.6 is 0 Å². The summed E-state index contributed by atoms with van der Waals surface area (Å²) in [5.41, 5.74) is 3.54. The molecule has 0 heterocycles. The molecule has 0 aromatic heterocycles. The Hall–Kier alpha value is -0.820. The zero-order valence-corrected chi connectivity index (χ0v) is 13.6. The first-order valence-corrected chi connectivity index (χ1v) is 7.99. The minimum atomic E-state index is -0.570. The van der Waals surface area contributed by atoms with Gasteiger partial charge in [0.2, 0.25) is 0 Å². The average molecular weight is 272 g/mol. The van der Waals surface area contributed by atoms with Crippen molar-refractivity contribution in [2.75, 3.05) is 0 Å². The van der Waals surface area contributed by atoms with Crippen molar-refractivity contribution in [3.05, 3.63) is 34.9 Å². The minimum absolute atomic E-state index is 0.0225. The maximum Gasteiger partial charge on any atom is 0.0794 e. The van der Waals surface area contributed by atoms with Gasteiger partial charge in [0.25, 0.3) is 0 Å². The van der Waals surface area contributed by atoms with Gasteiger partial charge in [-0.3, -0.25) is 0 Å². The van der Waals surface area contributed by atoms with Crippen molar-refractivity contribution in [2.45, 2.75) is 65.9 Å². The van der Waals surface area contributed by atoms with Gasteiger partial charge < -0.3 is 5.11 Å². The summed E-state index contributed by atoms with van der Waals surface area (Å²) in [7, 11) is 0. The van der Waals surface area contributed by atoms with Gasteiger partial charge in [-0.1, -0.05) is 39.0 Å². The Labute approximate surface area is 123 Å². The molecular formula is C19H28O. The van der Waals surface area contributed by atoms with Gasteiger partial charge in [0.15, 0.2) is 0 Å². The third-order valence-corrected chi connectivity index (χ3v) is 6.90. The monoisotopic (exact) mass is 272 g/mol. The molecule has 3 rings (SSSR count). The van der Waals surface area contributed by atoms with E-state index in [0.29, 0.717) is 5.92 Å². The van der Waals surface area contributed by atoms with Gasteiger partial charge in [-0.25, -0.2) is 0 Å². The zero-order chi connectivity index (χ0) is 14.8. The molecule has 2 saturated carbocycles. The number of benzene rings is 1. The first-order valence-electron chi connectivity index (χ1n) is 7.99. The predicted octanol–water partition coefficient (Wildman–Crippen LogP) is 4.42. The molecule has 2 aliphatic rings. The van der Waals surface area contributed by atoms with Crippen molar-refractivity contribution in [3.8, 4) is 0 Å². The second kappa shape index (κ2) is 4.10. The first-order chi connectivity index (χ1) is 9.21. The summed E-state index contributed by atoms with van der Waals surface area (Å²) in [6.45, 7) is 11.2. The smallest absolute Gasteiger partial charge is 0.0794 e. The van der Waals surface area contributed by atoms with Gasteiger partial charge in [-0.15, -0.1) is 0 Å². The highest BCUT2D eigenvalue weighted by Crippen LogP contribution is 2.68. The summed E-state index contributed by atoms with van der Waals surface area (Å²) in [4.78, 5) is 0. The normalized spacial score (nSPS) is 38.4. The number of rotatable bonds is 2. The summed E-state index contributed by atoms with van der Waals surface area (Å²) >= 11 is 0. The van der Waals surface area contributed by atoms with E-state index in [-0.39, 0.29) is 10.8 Å². The molecule has 1 aromatic rings. The van der Waals surface area contributed by atoms with Crippen molar-refractivity contribution in [1.29, 1.82) is 0 Å². The van der Waals surface area contributed by atoms with Gasteiger partial charge in [0.05, 0.1) is 5.60 Å². The fraction of sp³-hybridized carbons (Fsp3) is 0.684. The summed E-state index contributed by atoms with van der Waals surface area (Å²) in [6, 6.07) is 6.47. The van der Waals surface area contributed by atoms with Crippen molar-refractivity contribution in [1.82, 2.24) is 0 Å². The highest BCUT2D eigenvalue weighted by atomic mass is 16.3. The lowest BCUT2D eigenvalue weighted by Gasteiger charge is -2.51. The molecule has 0 aliphatic heterocycles. The molecule has 2 bridgehead atoms. The lowest BCUT2D eigenvalue weighted by atomic mass is 9.58. The van der Waals surface area contributed by atoms with Crippen LogP contribution in [0, 0.1) is 30.6 Å². The van der Waals surface area contributed by atoms with E-state index >= 15 is 0 Å². The fourth-order valence-corrected chi connectivity index (χ4v) is 5.17. The number of hydrogen-bond acceptors (Lipinski definition) is 1. The van der Waals surface area contributed by atoms with Crippen LogP contribution in [0.1, 0.15) is 56.7 Å². The maximum absolute atomic E-state index is 11.7. The molecule has 0 spiro atoms. The van der Waals surface area contributed by atoms with Crippen molar-refractivity contribution in [2.24, 2.45) is 16.7 Å². The van der Waals surface area contributed by atoms with E-state index in [1.54, 1.807) is 0 Å². The van der Waals surface area contributed by atoms with E-state index in [1.807, 2.05) is 0 Å². The summed E-state index contributed by atoms with van der Waals surface area (Å²) in [6.07, 6.45) is 4.48. The zero-order valence-electron chi connectivity index (χ0n) is 13.6. The highest BCUT2D eigenvalue weighted by molar-refractivity contribution is 5.37. The van der Waals surface area contributed by atoms with E-state index in [0.717, 1.165) is 6.42 Å². The lowest BCUT2D eigenvalue weighted by Crippen LogP contribution is -2.55. The van der Waals surface area contributed by atoms with E-state index < -0.39 is 5.60 Å². The molecule has 110 valence electrons. The fourth-order valence-electron chi connectivity index (χ4n) is 5.17. The molecule has 3 atom stereocenters. The molecule has 2 fully saturated rings. The third kappa shape index (κ3) is 1.59. The molecule has 1 aromatic carbocycles. The Morgan fingerprint density at radius 2 is 1.75 bits per heavy atom. The summed E-state index contributed by atoms with van der Waals surface area (Å²) in [5.74, 6) is 0.682. The topological polar surface area (TPSA) is 20.2 Å². The molecule has 1 N–H and O–H groups in total. The molecule has 0 radical (unpaired) electrons. The molecular weight excluding hydrogens is 244 g/mol. The van der Waals surface area contributed by atoms with Crippen LogP contribution in [-0.4, -0.2) is 10.7 Å². The molecule has 20 heavy (non-hydrogen) atoms. The van der Waals surface area contributed by atoms with Crippen LogP contribution in [-0.2, 0) is 6.42 Å². The lowest BCUT2D eigenvalue weighted by molar-refractivity contribution is -0.142. The van der Waals surface area contributed by atoms with E-state index in [4.69, 9.17) is 0 Å². The quantitative estimate of drug-likeness (QED) is 0.844. The number of aliphatic hydroxyl groups is 1. The van der Waals surface area contributed by atoms with Crippen molar-refractivity contribution in [3.63, 3.8) is 0 Å². The third-order valence-electron chi connectivity index (χ3n) is 6.90. The SMILES string of the molecule is Cc1cccc(C)c1CC1(O)C2(C)CCC(C2)C1(C)C. The van der Waals surface area contributed by atoms with Crippen molar-refractivity contribution >= 4 is 0 Å². The number of aryl methyl sites for hydroxylation is 2. The first kappa shape index (κ1) is 14.1. The Kier molecular flexibility index (Phi) is 2.90. The standard InChI is InChI=1S/C19H28O/c1-13-7-6-8-14(2)16(13)12-19(20)17(3,4)15-9-10-18(19,5)11-15/h6-8,15,20H,9-12H2,1-5H3. The van der Waals surface area contributed by atoms with Crippen LogP contribution in [0.2, 0.25) is 0 Å². The van der Waals surface area contributed by atoms with Gasteiger partial charge >= 0.3 is 0 Å².